The minimum Gasteiger partial charge on any atom is -0.316 e. The SMILES string of the molecule is CC1C2CNCC2CN1Cc1ccc(F)cc1C(F)(F)F. The Morgan fingerprint density at radius 1 is 1.29 bits per heavy atom. The Bertz CT molecular complexity index is 529. The maximum absolute atomic E-state index is 13.1. The highest BCUT2D eigenvalue weighted by Crippen LogP contribution is 2.37. The molecule has 3 atom stereocenters. The first kappa shape index (κ1) is 14.8. The average Bonchev–Trinajstić information content (AvgIpc) is 2.95. The molecule has 1 N–H and O–H groups in total. The molecule has 0 radical (unpaired) electrons. The van der Waals surface area contributed by atoms with Crippen LogP contribution in [0.1, 0.15) is 18.1 Å². The van der Waals surface area contributed by atoms with Crippen molar-refractivity contribution in [2.45, 2.75) is 25.7 Å². The molecule has 116 valence electrons. The molecule has 3 rings (SSSR count). The fraction of sp³-hybridized carbons (Fsp3) is 0.600. The van der Waals surface area contributed by atoms with Crippen LogP contribution in [-0.2, 0) is 12.7 Å². The van der Waals surface area contributed by atoms with Gasteiger partial charge >= 0.3 is 6.18 Å². The fourth-order valence-electron chi connectivity index (χ4n) is 3.63. The number of hydrogen-bond acceptors (Lipinski definition) is 2. The molecular formula is C15H18F4N2. The van der Waals surface area contributed by atoms with Crippen LogP contribution in [-0.4, -0.2) is 30.6 Å². The van der Waals surface area contributed by atoms with Crippen molar-refractivity contribution in [1.29, 1.82) is 0 Å². The maximum atomic E-state index is 13.1. The van der Waals surface area contributed by atoms with Crippen LogP contribution in [0, 0.1) is 17.7 Å². The first-order valence-electron chi connectivity index (χ1n) is 7.16. The van der Waals surface area contributed by atoms with E-state index in [0.717, 1.165) is 25.7 Å². The van der Waals surface area contributed by atoms with Crippen molar-refractivity contribution >= 4 is 0 Å². The van der Waals surface area contributed by atoms with Crippen molar-refractivity contribution in [3.8, 4) is 0 Å². The monoisotopic (exact) mass is 302 g/mol. The van der Waals surface area contributed by atoms with Crippen LogP contribution in [0.3, 0.4) is 0 Å². The number of nitrogens with one attached hydrogen (secondary N) is 1. The molecule has 2 fully saturated rings. The fourth-order valence-corrected chi connectivity index (χ4v) is 3.63. The molecule has 3 unspecified atom stereocenters. The van der Waals surface area contributed by atoms with Crippen molar-refractivity contribution in [1.82, 2.24) is 10.2 Å². The van der Waals surface area contributed by atoms with Crippen molar-refractivity contribution in [2.75, 3.05) is 19.6 Å². The number of hydrogen-bond donors (Lipinski definition) is 1. The Kier molecular flexibility index (Phi) is 3.69. The molecule has 0 bridgehead atoms. The quantitative estimate of drug-likeness (QED) is 0.845. The Morgan fingerprint density at radius 2 is 2.05 bits per heavy atom. The molecular weight excluding hydrogens is 284 g/mol. The second-order valence-electron chi connectivity index (χ2n) is 6.05. The van der Waals surface area contributed by atoms with Gasteiger partial charge in [0.05, 0.1) is 5.56 Å². The molecule has 1 aromatic carbocycles. The van der Waals surface area contributed by atoms with Gasteiger partial charge in [0.2, 0.25) is 0 Å². The molecule has 6 heteroatoms. The summed E-state index contributed by atoms with van der Waals surface area (Å²) in [6, 6.07) is 3.21. The summed E-state index contributed by atoms with van der Waals surface area (Å²) in [5.41, 5.74) is -0.700. The summed E-state index contributed by atoms with van der Waals surface area (Å²) in [7, 11) is 0. The molecule has 2 aliphatic heterocycles. The number of alkyl halides is 3. The zero-order chi connectivity index (χ0) is 15.2. The lowest BCUT2D eigenvalue weighted by Crippen LogP contribution is -2.33. The van der Waals surface area contributed by atoms with E-state index in [1.165, 1.54) is 6.07 Å². The number of nitrogens with zero attached hydrogens (tertiary/aromatic N) is 1. The van der Waals surface area contributed by atoms with E-state index in [9.17, 15) is 17.6 Å². The minimum absolute atomic E-state index is 0.156. The van der Waals surface area contributed by atoms with Crippen LogP contribution >= 0.6 is 0 Å². The smallest absolute Gasteiger partial charge is 0.316 e. The molecule has 0 saturated carbocycles. The molecule has 2 heterocycles. The van der Waals surface area contributed by atoms with Crippen LogP contribution in [0.5, 0.6) is 0 Å². The molecule has 2 nitrogen and oxygen atoms in total. The molecule has 0 aromatic heterocycles. The van der Waals surface area contributed by atoms with E-state index in [0.29, 0.717) is 17.9 Å². The standard InChI is InChI=1S/C15H18F4N2/c1-9-13-6-20-5-11(13)8-21(9)7-10-2-3-12(16)4-14(10)15(17,18)19/h2-4,9,11,13,20H,5-8H2,1H3. The summed E-state index contributed by atoms with van der Waals surface area (Å²) < 4.78 is 52.2. The first-order chi connectivity index (χ1) is 9.86. The Hall–Kier alpha value is -1.14. The van der Waals surface area contributed by atoms with Gasteiger partial charge in [-0.25, -0.2) is 4.39 Å². The largest absolute Gasteiger partial charge is 0.416 e. The summed E-state index contributed by atoms with van der Waals surface area (Å²) in [5.74, 6) is 0.163. The van der Waals surface area contributed by atoms with E-state index in [1.807, 2.05) is 0 Å². The van der Waals surface area contributed by atoms with E-state index in [2.05, 4.69) is 17.1 Å². The normalized spacial score (nSPS) is 29.9. The second-order valence-corrected chi connectivity index (χ2v) is 6.05. The van der Waals surface area contributed by atoms with Crippen LogP contribution < -0.4 is 5.32 Å². The van der Waals surface area contributed by atoms with Crippen LogP contribution in [0.4, 0.5) is 17.6 Å². The van der Waals surface area contributed by atoms with Crippen LogP contribution in [0.2, 0.25) is 0 Å². The molecule has 2 saturated heterocycles. The third-order valence-electron chi connectivity index (χ3n) is 4.81. The predicted octanol–water partition coefficient (Wildman–Crippen LogP) is 2.88. The average molecular weight is 302 g/mol. The number of rotatable bonds is 2. The molecule has 21 heavy (non-hydrogen) atoms. The zero-order valence-electron chi connectivity index (χ0n) is 11.8. The molecule has 0 amide bonds. The number of likely N-dealkylation sites (tertiary alicyclic amines) is 1. The van der Waals surface area contributed by atoms with Gasteiger partial charge in [0.1, 0.15) is 5.82 Å². The molecule has 0 spiro atoms. The van der Waals surface area contributed by atoms with E-state index in [4.69, 9.17) is 0 Å². The van der Waals surface area contributed by atoms with E-state index in [1.54, 1.807) is 0 Å². The number of halogens is 4. The zero-order valence-corrected chi connectivity index (χ0v) is 11.8. The summed E-state index contributed by atoms with van der Waals surface area (Å²) in [5, 5.41) is 3.33. The number of benzene rings is 1. The number of fused-ring (bicyclic) bond motifs is 1. The van der Waals surface area contributed by atoms with Gasteiger partial charge in [-0.15, -0.1) is 0 Å². The molecule has 0 aliphatic carbocycles. The van der Waals surface area contributed by atoms with Gasteiger partial charge in [-0.2, -0.15) is 13.2 Å². The third kappa shape index (κ3) is 2.79. The van der Waals surface area contributed by atoms with Gasteiger partial charge in [-0.3, -0.25) is 4.90 Å². The van der Waals surface area contributed by atoms with Gasteiger partial charge in [0.15, 0.2) is 0 Å². The van der Waals surface area contributed by atoms with Crippen molar-refractivity contribution in [3.63, 3.8) is 0 Å². The van der Waals surface area contributed by atoms with Crippen molar-refractivity contribution in [2.24, 2.45) is 11.8 Å². The lowest BCUT2D eigenvalue weighted by atomic mass is 9.95. The van der Waals surface area contributed by atoms with Crippen molar-refractivity contribution in [3.05, 3.63) is 35.1 Å². The van der Waals surface area contributed by atoms with Crippen LogP contribution in [0.15, 0.2) is 18.2 Å². The molecule has 2 aliphatic rings. The maximum Gasteiger partial charge on any atom is 0.416 e. The summed E-state index contributed by atoms with van der Waals surface area (Å²) in [4.78, 5) is 2.08. The third-order valence-corrected chi connectivity index (χ3v) is 4.81. The highest BCUT2D eigenvalue weighted by Gasteiger charge is 2.42. The van der Waals surface area contributed by atoms with Gasteiger partial charge in [0, 0.05) is 19.1 Å². The van der Waals surface area contributed by atoms with Gasteiger partial charge < -0.3 is 5.32 Å². The second kappa shape index (κ2) is 5.25. The van der Waals surface area contributed by atoms with Gasteiger partial charge in [-0.1, -0.05) is 6.07 Å². The van der Waals surface area contributed by atoms with Gasteiger partial charge in [-0.05, 0) is 49.5 Å². The van der Waals surface area contributed by atoms with E-state index < -0.39 is 17.6 Å². The van der Waals surface area contributed by atoms with Crippen molar-refractivity contribution < 1.29 is 17.6 Å². The van der Waals surface area contributed by atoms with Gasteiger partial charge in [0.25, 0.3) is 0 Å². The molecule has 1 aromatic rings. The first-order valence-corrected chi connectivity index (χ1v) is 7.16. The lowest BCUT2D eigenvalue weighted by molar-refractivity contribution is -0.138. The Labute approximate surface area is 121 Å². The summed E-state index contributed by atoms with van der Waals surface area (Å²) in [6.45, 7) is 4.95. The minimum atomic E-state index is -4.52. The summed E-state index contributed by atoms with van der Waals surface area (Å²) in [6.07, 6.45) is -4.52. The van der Waals surface area contributed by atoms with Crippen LogP contribution in [0.25, 0.3) is 0 Å². The topological polar surface area (TPSA) is 15.3 Å². The summed E-state index contributed by atoms with van der Waals surface area (Å²) >= 11 is 0. The van der Waals surface area contributed by atoms with E-state index in [-0.39, 0.29) is 18.2 Å². The Morgan fingerprint density at radius 3 is 2.71 bits per heavy atom. The highest BCUT2D eigenvalue weighted by molar-refractivity contribution is 5.30. The van der Waals surface area contributed by atoms with E-state index >= 15 is 0 Å². The highest BCUT2D eigenvalue weighted by atomic mass is 19.4. The Balaban J connectivity index is 1.82. The lowest BCUT2D eigenvalue weighted by Gasteiger charge is -2.25. The predicted molar refractivity (Wildman–Crippen MR) is 71.1 cm³/mol.